The van der Waals surface area contributed by atoms with Crippen molar-refractivity contribution >= 4 is 23.5 Å². The standard InChI is InChI=1S/C14H17ClO4/c1-18-13(16)11(9-12(15)14(17)19-2)8-10-6-4-3-5-7-10/h3-7,11-12H,8-9H2,1-2H3. The third kappa shape index (κ3) is 4.91. The van der Waals surface area contributed by atoms with E-state index in [1.54, 1.807) is 0 Å². The molecule has 0 heterocycles. The lowest BCUT2D eigenvalue weighted by atomic mass is 9.94. The number of methoxy groups -OCH3 is 2. The van der Waals surface area contributed by atoms with E-state index >= 15 is 0 Å². The third-order valence-corrected chi connectivity index (χ3v) is 3.16. The smallest absolute Gasteiger partial charge is 0.323 e. The molecule has 4 nitrogen and oxygen atoms in total. The van der Waals surface area contributed by atoms with E-state index in [4.69, 9.17) is 16.3 Å². The van der Waals surface area contributed by atoms with Crippen molar-refractivity contribution in [1.82, 2.24) is 0 Å². The molecule has 0 aliphatic rings. The molecule has 0 aliphatic carbocycles. The van der Waals surface area contributed by atoms with Crippen LogP contribution in [0.25, 0.3) is 0 Å². The third-order valence-electron chi connectivity index (χ3n) is 2.81. The first-order valence-electron chi connectivity index (χ1n) is 5.92. The fourth-order valence-corrected chi connectivity index (χ4v) is 2.11. The van der Waals surface area contributed by atoms with Crippen LogP contribution in [0.3, 0.4) is 0 Å². The van der Waals surface area contributed by atoms with Crippen LogP contribution in [0, 0.1) is 5.92 Å². The Morgan fingerprint density at radius 1 is 1.11 bits per heavy atom. The molecule has 19 heavy (non-hydrogen) atoms. The van der Waals surface area contributed by atoms with Crippen LogP contribution in [-0.4, -0.2) is 31.5 Å². The number of alkyl halides is 1. The molecule has 0 fully saturated rings. The van der Waals surface area contributed by atoms with Gasteiger partial charge in [-0.05, 0) is 18.4 Å². The van der Waals surface area contributed by atoms with Crippen LogP contribution in [0.4, 0.5) is 0 Å². The number of hydrogen-bond donors (Lipinski definition) is 0. The second-order valence-corrected chi connectivity index (χ2v) is 4.66. The van der Waals surface area contributed by atoms with Gasteiger partial charge in [-0.25, -0.2) is 0 Å². The van der Waals surface area contributed by atoms with Crippen LogP contribution < -0.4 is 0 Å². The Labute approximate surface area is 117 Å². The lowest BCUT2D eigenvalue weighted by Gasteiger charge is -2.16. The zero-order valence-corrected chi connectivity index (χ0v) is 11.7. The van der Waals surface area contributed by atoms with Gasteiger partial charge < -0.3 is 9.47 Å². The fraction of sp³-hybridized carbons (Fsp3) is 0.429. The van der Waals surface area contributed by atoms with E-state index in [2.05, 4.69) is 4.74 Å². The first-order valence-corrected chi connectivity index (χ1v) is 6.35. The average molecular weight is 285 g/mol. The number of benzene rings is 1. The van der Waals surface area contributed by atoms with Crippen LogP contribution in [0.1, 0.15) is 12.0 Å². The molecule has 0 spiro atoms. The molecule has 0 bridgehead atoms. The molecule has 0 saturated heterocycles. The van der Waals surface area contributed by atoms with E-state index in [1.807, 2.05) is 30.3 Å². The molecule has 5 heteroatoms. The average Bonchev–Trinajstić information content (AvgIpc) is 2.45. The monoisotopic (exact) mass is 284 g/mol. The molecular formula is C14H17ClO4. The molecule has 0 aliphatic heterocycles. The molecule has 104 valence electrons. The first-order chi connectivity index (χ1) is 9.08. The molecular weight excluding hydrogens is 268 g/mol. The summed E-state index contributed by atoms with van der Waals surface area (Å²) in [5.41, 5.74) is 0.992. The highest BCUT2D eigenvalue weighted by Gasteiger charge is 2.27. The van der Waals surface area contributed by atoms with Crippen LogP contribution >= 0.6 is 11.6 Å². The van der Waals surface area contributed by atoms with Crippen molar-refractivity contribution in [2.75, 3.05) is 14.2 Å². The normalized spacial score (nSPS) is 13.4. The van der Waals surface area contributed by atoms with Gasteiger partial charge in [-0.3, -0.25) is 9.59 Å². The molecule has 0 saturated carbocycles. The van der Waals surface area contributed by atoms with Gasteiger partial charge in [0.05, 0.1) is 20.1 Å². The summed E-state index contributed by atoms with van der Waals surface area (Å²) in [6, 6.07) is 9.51. The van der Waals surface area contributed by atoms with Crippen LogP contribution in [0.15, 0.2) is 30.3 Å². The van der Waals surface area contributed by atoms with Gasteiger partial charge in [0.2, 0.25) is 0 Å². The number of esters is 2. The number of halogens is 1. The van der Waals surface area contributed by atoms with Gasteiger partial charge in [-0.1, -0.05) is 30.3 Å². The molecule has 0 N–H and O–H groups in total. The molecule has 1 rings (SSSR count). The summed E-state index contributed by atoms with van der Waals surface area (Å²) in [5, 5.41) is -0.849. The van der Waals surface area contributed by atoms with Gasteiger partial charge in [0, 0.05) is 0 Å². The van der Waals surface area contributed by atoms with Crippen LogP contribution in [0.5, 0.6) is 0 Å². The number of rotatable bonds is 6. The van der Waals surface area contributed by atoms with Crippen molar-refractivity contribution in [3.63, 3.8) is 0 Å². The Bertz CT molecular complexity index is 419. The topological polar surface area (TPSA) is 52.6 Å². The number of ether oxygens (including phenoxy) is 2. The number of carbonyl (C=O) groups excluding carboxylic acids is 2. The highest BCUT2D eigenvalue weighted by molar-refractivity contribution is 6.29. The molecule has 2 atom stereocenters. The SMILES string of the molecule is COC(=O)C(Cl)CC(Cc1ccccc1)C(=O)OC. The van der Waals surface area contributed by atoms with Gasteiger partial charge in [0.1, 0.15) is 5.38 Å². The lowest BCUT2D eigenvalue weighted by molar-refractivity contribution is -0.146. The first kappa shape index (κ1) is 15.5. The minimum Gasteiger partial charge on any atom is -0.469 e. The summed E-state index contributed by atoms with van der Waals surface area (Å²) in [4.78, 5) is 23.0. The summed E-state index contributed by atoms with van der Waals surface area (Å²) in [7, 11) is 2.59. The van der Waals surface area contributed by atoms with Gasteiger partial charge >= 0.3 is 11.9 Å². The van der Waals surface area contributed by atoms with Gasteiger partial charge in [-0.15, -0.1) is 11.6 Å². The van der Waals surface area contributed by atoms with E-state index in [1.165, 1.54) is 14.2 Å². The fourth-order valence-electron chi connectivity index (χ4n) is 1.80. The van der Waals surface area contributed by atoms with E-state index < -0.39 is 17.3 Å². The molecule has 1 aromatic carbocycles. The summed E-state index contributed by atoms with van der Waals surface area (Å²) < 4.78 is 9.30. The summed E-state index contributed by atoms with van der Waals surface area (Å²) in [5.74, 6) is -1.38. The molecule has 0 aromatic heterocycles. The molecule has 0 radical (unpaired) electrons. The van der Waals surface area contributed by atoms with Crippen LogP contribution in [0.2, 0.25) is 0 Å². The zero-order valence-electron chi connectivity index (χ0n) is 11.0. The van der Waals surface area contributed by atoms with E-state index in [0.717, 1.165) is 5.56 Å². The van der Waals surface area contributed by atoms with Crippen molar-refractivity contribution in [1.29, 1.82) is 0 Å². The largest absolute Gasteiger partial charge is 0.469 e. The second-order valence-electron chi connectivity index (χ2n) is 4.14. The highest BCUT2D eigenvalue weighted by atomic mass is 35.5. The van der Waals surface area contributed by atoms with E-state index in [0.29, 0.717) is 6.42 Å². The van der Waals surface area contributed by atoms with Gasteiger partial charge in [0.25, 0.3) is 0 Å². The predicted octanol–water partition coefficient (Wildman–Crippen LogP) is 2.19. The van der Waals surface area contributed by atoms with Crippen molar-refractivity contribution in [3.8, 4) is 0 Å². The lowest BCUT2D eigenvalue weighted by Crippen LogP contribution is -2.26. The van der Waals surface area contributed by atoms with Crippen molar-refractivity contribution in [3.05, 3.63) is 35.9 Å². The number of hydrogen-bond acceptors (Lipinski definition) is 4. The predicted molar refractivity (Wildman–Crippen MR) is 71.9 cm³/mol. The van der Waals surface area contributed by atoms with E-state index in [-0.39, 0.29) is 12.4 Å². The maximum atomic E-state index is 11.7. The van der Waals surface area contributed by atoms with Crippen molar-refractivity contribution < 1.29 is 19.1 Å². The van der Waals surface area contributed by atoms with Gasteiger partial charge in [0.15, 0.2) is 0 Å². The Morgan fingerprint density at radius 3 is 2.21 bits per heavy atom. The second kappa shape index (κ2) is 7.79. The Kier molecular flexibility index (Phi) is 6.36. The molecule has 2 unspecified atom stereocenters. The highest BCUT2D eigenvalue weighted by Crippen LogP contribution is 2.19. The summed E-state index contributed by atoms with van der Waals surface area (Å²) >= 11 is 5.91. The molecule has 1 aromatic rings. The van der Waals surface area contributed by atoms with E-state index in [9.17, 15) is 9.59 Å². The minimum absolute atomic E-state index is 0.190. The Hall–Kier alpha value is -1.55. The van der Waals surface area contributed by atoms with Gasteiger partial charge in [-0.2, -0.15) is 0 Å². The molecule has 0 amide bonds. The minimum atomic E-state index is -0.849. The maximum absolute atomic E-state index is 11.7. The Morgan fingerprint density at radius 2 is 1.68 bits per heavy atom. The zero-order chi connectivity index (χ0) is 14.3. The van der Waals surface area contributed by atoms with Crippen molar-refractivity contribution in [2.45, 2.75) is 18.2 Å². The summed E-state index contributed by atoms with van der Waals surface area (Å²) in [6.45, 7) is 0. The van der Waals surface area contributed by atoms with Crippen LogP contribution in [-0.2, 0) is 25.5 Å². The quantitative estimate of drug-likeness (QED) is 0.593. The van der Waals surface area contributed by atoms with Crippen molar-refractivity contribution in [2.24, 2.45) is 5.92 Å². The Balaban J connectivity index is 2.73. The summed E-state index contributed by atoms with van der Waals surface area (Å²) in [6.07, 6.45) is 0.670. The maximum Gasteiger partial charge on any atom is 0.323 e. The number of carbonyl (C=O) groups is 2.